The molecule has 0 unspecified atom stereocenters. The molecule has 0 amide bonds. The largest absolute Gasteiger partial charge is 0.453 e. The van der Waals surface area contributed by atoms with Crippen LogP contribution in [0.4, 0.5) is 17.1 Å². The number of fused-ring (bicyclic) bond motifs is 9. The van der Waals surface area contributed by atoms with Crippen molar-refractivity contribution in [2.24, 2.45) is 0 Å². The van der Waals surface area contributed by atoms with Gasteiger partial charge in [-0.15, -0.1) is 11.3 Å². The standard InChI is InChI=1S/C44H27NOS/c1-3-13-28(14-4-1)32-21-11-22-35-36-23-12-24-38(44(36)46-43(32)35)45(31-17-5-2-6-18-31)39-27-41-42(34-20-10-9-19-33(34)39)37-25-29-15-7-8-16-30(29)26-40(37)47-41/h1-27H. The molecule has 47 heavy (non-hydrogen) atoms. The van der Waals surface area contributed by atoms with Gasteiger partial charge >= 0.3 is 0 Å². The Morgan fingerprint density at radius 1 is 0.426 bits per heavy atom. The van der Waals surface area contributed by atoms with Gasteiger partial charge in [-0.2, -0.15) is 0 Å². The van der Waals surface area contributed by atoms with Crippen LogP contribution in [0.3, 0.4) is 0 Å². The molecule has 3 heteroatoms. The number of nitrogens with zero attached hydrogens (tertiary/aromatic N) is 1. The van der Waals surface area contributed by atoms with Crippen LogP contribution >= 0.6 is 11.3 Å². The minimum atomic E-state index is 0.876. The molecule has 0 atom stereocenters. The maximum absolute atomic E-state index is 6.95. The van der Waals surface area contributed by atoms with E-state index in [1.807, 2.05) is 11.3 Å². The summed E-state index contributed by atoms with van der Waals surface area (Å²) in [5, 5.41) is 9.85. The third kappa shape index (κ3) is 4.04. The molecule has 0 aliphatic carbocycles. The number of thiophene rings is 1. The number of anilines is 3. The van der Waals surface area contributed by atoms with E-state index in [1.54, 1.807) is 0 Å². The highest BCUT2D eigenvalue weighted by atomic mass is 32.1. The average molecular weight is 618 g/mol. The lowest BCUT2D eigenvalue weighted by molar-refractivity contribution is 0.670. The number of hydrogen-bond donors (Lipinski definition) is 0. The van der Waals surface area contributed by atoms with Gasteiger partial charge in [-0.3, -0.25) is 0 Å². The third-order valence-corrected chi connectivity index (χ3v) is 10.5. The normalized spacial score (nSPS) is 11.8. The molecule has 2 aromatic heterocycles. The van der Waals surface area contributed by atoms with Crippen molar-refractivity contribution < 1.29 is 4.42 Å². The molecule has 2 nitrogen and oxygen atoms in total. The fourth-order valence-electron chi connectivity index (χ4n) is 7.30. The SMILES string of the molecule is c1ccc(-c2cccc3c2oc2c(N(c4ccccc4)c4cc5sc6cc7ccccc7cc6c5c5ccccc45)cccc23)cc1. The molecular formula is C44H27NOS. The van der Waals surface area contributed by atoms with E-state index in [0.717, 1.165) is 50.1 Å². The Morgan fingerprint density at radius 2 is 1.06 bits per heavy atom. The highest BCUT2D eigenvalue weighted by Crippen LogP contribution is 2.49. The van der Waals surface area contributed by atoms with Crippen molar-refractivity contribution in [2.75, 3.05) is 4.90 Å². The van der Waals surface area contributed by atoms with Gasteiger partial charge in [0.1, 0.15) is 5.58 Å². The van der Waals surface area contributed by atoms with Crippen LogP contribution in [0, 0.1) is 0 Å². The third-order valence-electron chi connectivity index (χ3n) is 9.41. The Hall–Kier alpha value is -5.90. The molecule has 0 N–H and O–H groups in total. The number of para-hydroxylation sites is 3. The average Bonchev–Trinajstić information content (AvgIpc) is 3.70. The van der Waals surface area contributed by atoms with Gasteiger partial charge in [-0.1, -0.05) is 127 Å². The molecule has 0 radical (unpaired) electrons. The number of furan rings is 1. The van der Waals surface area contributed by atoms with Crippen molar-refractivity contribution in [2.45, 2.75) is 0 Å². The lowest BCUT2D eigenvalue weighted by Gasteiger charge is -2.27. The Labute approximate surface area is 275 Å². The van der Waals surface area contributed by atoms with Gasteiger partial charge in [-0.05, 0) is 58.1 Å². The second-order valence-electron chi connectivity index (χ2n) is 12.1. The summed E-state index contributed by atoms with van der Waals surface area (Å²) in [5.41, 5.74) is 7.26. The number of benzene rings is 8. The van der Waals surface area contributed by atoms with E-state index in [4.69, 9.17) is 4.42 Å². The first-order chi connectivity index (χ1) is 23.3. The molecule has 0 saturated heterocycles. The molecule has 10 aromatic rings. The summed E-state index contributed by atoms with van der Waals surface area (Å²) in [7, 11) is 0. The highest BCUT2D eigenvalue weighted by molar-refractivity contribution is 7.26. The lowest BCUT2D eigenvalue weighted by Crippen LogP contribution is -2.10. The molecular weight excluding hydrogens is 591 g/mol. The summed E-state index contributed by atoms with van der Waals surface area (Å²) in [5.74, 6) is 0. The van der Waals surface area contributed by atoms with Crippen molar-refractivity contribution in [1.82, 2.24) is 0 Å². The summed E-state index contributed by atoms with van der Waals surface area (Å²) >= 11 is 1.87. The van der Waals surface area contributed by atoms with E-state index >= 15 is 0 Å². The molecule has 8 aromatic carbocycles. The smallest absolute Gasteiger partial charge is 0.159 e. The van der Waals surface area contributed by atoms with Gasteiger partial charge in [0.25, 0.3) is 0 Å². The van der Waals surface area contributed by atoms with Crippen molar-refractivity contribution in [3.05, 3.63) is 164 Å². The molecule has 220 valence electrons. The van der Waals surface area contributed by atoms with Crippen LogP contribution in [0.25, 0.3) is 74.8 Å². The summed E-state index contributed by atoms with van der Waals surface area (Å²) in [6.45, 7) is 0. The Balaban J connectivity index is 1.29. The second kappa shape index (κ2) is 10.3. The van der Waals surface area contributed by atoms with Crippen LogP contribution in [0.5, 0.6) is 0 Å². The van der Waals surface area contributed by atoms with Gasteiger partial charge < -0.3 is 9.32 Å². The van der Waals surface area contributed by atoms with Crippen LogP contribution in [-0.4, -0.2) is 0 Å². The van der Waals surface area contributed by atoms with Crippen LogP contribution in [0.1, 0.15) is 0 Å². The quantitative estimate of drug-likeness (QED) is 0.195. The lowest BCUT2D eigenvalue weighted by atomic mass is 9.99. The first kappa shape index (κ1) is 26.3. The van der Waals surface area contributed by atoms with Gasteiger partial charge in [0.2, 0.25) is 0 Å². The van der Waals surface area contributed by atoms with Crippen LogP contribution in [-0.2, 0) is 0 Å². The van der Waals surface area contributed by atoms with Gasteiger partial charge in [0, 0.05) is 47.6 Å². The molecule has 0 spiro atoms. The summed E-state index contributed by atoms with van der Waals surface area (Å²) in [6, 6.07) is 58.8. The Bertz CT molecular complexity index is 2790. The number of hydrogen-bond acceptors (Lipinski definition) is 3. The molecule has 0 aliphatic heterocycles. The first-order valence-electron chi connectivity index (χ1n) is 15.9. The minimum Gasteiger partial charge on any atom is -0.453 e. The summed E-state index contributed by atoms with van der Waals surface area (Å²) in [4.78, 5) is 2.38. The van der Waals surface area contributed by atoms with Crippen LogP contribution in [0.15, 0.2) is 168 Å². The van der Waals surface area contributed by atoms with E-state index in [-0.39, 0.29) is 0 Å². The predicted octanol–water partition coefficient (Wildman–Crippen LogP) is 13.4. The van der Waals surface area contributed by atoms with Gasteiger partial charge in [0.15, 0.2) is 5.58 Å². The van der Waals surface area contributed by atoms with E-state index < -0.39 is 0 Å². The van der Waals surface area contributed by atoms with Crippen molar-refractivity contribution >= 4 is 92.1 Å². The van der Waals surface area contributed by atoms with E-state index in [2.05, 4.69) is 169 Å². The zero-order valence-electron chi connectivity index (χ0n) is 25.4. The second-order valence-corrected chi connectivity index (χ2v) is 13.2. The Kier molecular flexibility index (Phi) is 5.78. The zero-order chi connectivity index (χ0) is 30.9. The minimum absolute atomic E-state index is 0.876. The summed E-state index contributed by atoms with van der Waals surface area (Å²) < 4.78 is 9.52. The van der Waals surface area contributed by atoms with Gasteiger partial charge in [0.05, 0.1) is 11.4 Å². The molecule has 0 fully saturated rings. The fourth-order valence-corrected chi connectivity index (χ4v) is 8.49. The zero-order valence-corrected chi connectivity index (χ0v) is 26.2. The molecule has 10 rings (SSSR count). The monoisotopic (exact) mass is 617 g/mol. The molecule has 0 bridgehead atoms. The predicted molar refractivity (Wildman–Crippen MR) is 202 cm³/mol. The fraction of sp³-hybridized carbons (Fsp3) is 0. The molecule has 2 heterocycles. The van der Waals surface area contributed by atoms with E-state index in [1.165, 1.54) is 41.7 Å². The van der Waals surface area contributed by atoms with Crippen molar-refractivity contribution in [1.29, 1.82) is 0 Å². The van der Waals surface area contributed by atoms with E-state index in [0.29, 0.717) is 0 Å². The first-order valence-corrected chi connectivity index (χ1v) is 16.7. The Morgan fingerprint density at radius 3 is 1.87 bits per heavy atom. The van der Waals surface area contributed by atoms with Crippen LogP contribution in [0.2, 0.25) is 0 Å². The molecule has 0 saturated carbocycles. The number of rotatable bonds is 4. The summed E-state index contributed by atoms with van der Waals surface area (Å²) in [6.07, 6.45) is 0. The van der Waals surface area contributed by atoms with Crippen molar-refractivity contribution in [3.63, 3.8) is 0 Å². The van der Waals surface area contributed by atoms with Crippen LogP contribution < -0.4 is 4.90 Å². The molecule has 0 aliphatic rings. The maximum Gasteiger partial charge on any atom is 0.159 e. The topological polar surface area (TPSA) is 16.4 Å². The van der Waals surface area contributed by atoms with E-state index in [9.17, 15) is 0 Å². The van der Waals surface area contributed by atoms with Crippen molar-refractivity contribution in [3.8, 4) is 11.1 Å². The highest BCUT2D eigenvalue weighted by Gasteiger charge is 2.23. The maximum atomic E-state index is 6.95. The van der Waals surface area contributed by atoms with Gasteiger partial charge in [-0.25, -0.2) is 0 Å².